The monoisotopic (exact) mass is 484 g/mol. The van der Waals surface area contributed by atoms with E-state index in [9.17, 15) is 14.7 Å². The molecule has 36 heavy (non-hydrogen) atoms. The number of amides is 1. The maximum Gasteiger partial charge on any atom is 0.424 e. The van der Waals surface area contributed by atoms with Gasteiger partial charge in [-0.3, -0.25) is 4.79 Å². The number of rotatable bonds is 7. The van der Waals surface area contributed by atoms with E-state index in [-0.39, 0.29) is 29.8 Å². The van der Waals surface area contributed by atoms with Gasteiger partial charge in [-0.1, -0.05) is 18.2 Å². The van der Waals surface area contributed by atoms with E-state index in [0.717, 1.165) is 0 Å². The predicted octanol–water partition coefficient (Wildman–Crippen LogP) is 2.13. The molecular weight excluding hydrogens is 464 g/mol. The van der Waals surface area contributed by atoms with E-state index in [4.69, 9.17) is 14.4 Å². The van der Waals surface area contributed by atoms with Crippen molar-refractivity contribution < 1.29 is 19.1 Å². The van der Waals surface area contributed by atoms with Gasteiger partial charge in [-0.05, 0) is 30.3 Å². The highest BCUT2D eigenvalue weighted by Gasteiger charge is 2.19. The molecule has 1 aliphatic heterocycles. The average Bonchev–Trinajstić information content (AvgIpc) is 3.27. The molecule has 0 atom stereocenters. The number of nitrogens with one attached hydrogen (secondary N) is 2. The second-order valence-corrected chi connectivity index (χ2v) is 7.95. The van der Waals surface area contributed by atoms with Gasteiger partial charge in [0.05, 0.1) is 11.9 Å². The maximum absolute atomic E-state index is 12.3. The Morgan fingerprint density at radius 1 is 1.14 bits per heavy atom. The summed E-state index contributed by atoms with van der Waals surface area (Å²) in [5.74, 6) is 0.586. The summed E-state index contributed by atoms with van der Waals surface area (Å²) in [5, 5.41) is 25.6. The van der Waals surface area contributed by atoms with Crippen molar-refractivity contribution in [2.75, 3.05) is 18.5 Å². The summed E-state index contributed by atoms with van der Waals surface area (Å²) >= 11 is 0. The summed E-state index contributed by atoms with van der Waals surface area (Å²) in [6.45, 7) is 0.763. The number of carbonyl (C=O) groups is 1. The molecule has 1 aromatic carbocycles. The molecule has 0 fully saturated rings. The minimum atomic E-state index is -0.599. The van der Waals surface area contributed by atoms with Crippen molar-refractivity contribution in [2.45, 2.75) is 13.0 Å². The summed E-state index contributed by atoms with van der Waals surface area (Å²) in [5.41, 5.74) is 1.98. The first-order valence-electron chi connectivity index (χ1n) is 11.1. The Hall–Kier alpha value is -4.95. The molecule has 0 bridgehead atoms. The molecule has 0 saturated carbocycles. The van der Waals surface area contributed by atoms with Crippen LogP contribution >= 0.6 is 0 Å². The van der Waals surface area contributed by atoms with Crippen LogP contribution in [-0.2, 0) is 17.8 Å². The third kappa shape index (κ3) is 4.66. The first-order valence-corrected chi connectivity index (χ1v) is 11.1. The van der Waals surface area contributed by atoms with Gasteiger partial charge in [-0.2, -0.15) is 5.26 Å². The summed E-state index contributed by atoms with van der Waals surface area (Å²) in [4.78, 5) is 32.4. The number of ether oxygens (including phenoxy) is 1. The van der Waals surface area contributed by atoms with Gasteiger partial charge in [0.2, 0.25) is 0 Å². The molecular formula is C25H20N6O5. The smallest absolute Gasteiger partial charge is 0.424 e. The number of fused-ring (bicyclic) bond motifs is 1. The number of nitriles is 1. The third-order valence-corrected chi connectivity index (χ3v) is 5.52. The zero-order valence-electron chi connectivity index (χ0n) is 18.9. The molecule has 3 aromatic heterocycles. The fraction of sp³-hybridized carbons (Fsp3) is 0.160. The van der Waals surface area contributed by atoms with Crippen LogP contribution in [0.15, 0.2) is 63.9 Å². The first kappa shape index (κ1) is 22.8. The van der Waals surface area contributed by atoms with E-state index in [1.165, 1.54) is 4.57 Å². The molecule has 0 aliphatic carbocycles. The van der Waals surface area contributed by atoms with Gasteiger partial charge < -0.3 is 24.9 Å². The van der Waals surface area contributed by atoms with Crippen LogP contribution in [0.4, 0.5) is 5.82 Å². The number of hydrogen-bond donors (Lipinski definition) is 3. The zero-order valence-corrected chi connectivity index (χ0v) is 18.9. The summed E-state index contributed by atoms with van der Waals surface area (Å²) < 4.78 is 11.9. The van der Waals surface area contributed by atoms with E-state index < -0.39 is 5.76 Å². The molecule has 11 heteroatoms. The Bertz CT molecular complexity index is 1550. The second kappa shape index (κ2) is 9.73. The molecule has 0 spiro atoms. The van der Waals surface area contributed by atoms with Crippen LogP contribution in [0.1, 0.15) is 17.0 Å². The molecule has 0 unspecified atom stereocenters. The number of hydrogen-bond acceptors (Lipinski definition) is 9. The topological polar surface area (TPSA) is 155 Å². The van der Waals surface area contributed by atoms with E-state index in [1.807, 2.05) is 12.1 Å². The normalized spacial score (nSPS) is 12.4. The van der Waals surface area contributed by atoms with E-state index >= 15 is 0 Å². The number of oxazole rings is 1. The number of pyridine rings is 2. The SMILES string of the molecule is N#Cc1cccc(-c2cccc(CNCCc3cn(-c4ccc5c(n4)NC(=O)CO5)c(=O)o3)c2O)n1. The lowest BCUT2D eigenvalue weighted by Crippen LogP contribution is -2.26. The largest absolute Gasteiger partial charge is 0.507 e. The Morgan fingerprint density at radius 3 is 2.86 bits per heavy atom. The highest BCUT2D eigenvalue weighted by atomic mass is 16.5. The number of phenols is 1. The van der Waals surface area contributed by atoms with E-state index in [2.05, 4.69) is 20.6 Å². The van der Waals surface area contributed by atoms with Gasteiger partial charge in [-0.25, -0.2) is 19.3 Å². The molecule has 4 aromatic rings. The predicted molar refractivity (Wildman–Crippen MR) is 128 cm³/mol. The van der Waals surface area contributed by atoms with Gasteiger partial charge >= 0.3 is 5.76 Å². The minimum Gasteiger partial charge on any atom is -0.507 e. The van der Waals surface area contributed by atoms with Crippen molar-refractivity contribution in [2.24, 2.45) is 0 Å². The van der Waals surface area contributed by atoms with Gasteiger partial charge in [0.15, 0.2) is 18.2 Å². The molecule has 180 valence electrons. The number of nitrogens with zero attached hydrogens (tertiary/aromatic N) is 4. The Morgan fingerprint density at radius 2 is 2.00 bits per heavy atom. The number of anilines is 1. The van der Waals surface area contributed by atoms with Crippen molar-refractivity contribution in [3.63, 3.8) is 0 Å². The Kier molecular flexibility index (Phi) is 6.17. The number of aromatic nitrogens is 3. The third-order valence-electron chi connectivity index (χ3n) is 5.52. The van der Waals surface area contributed by atoms with E-state index in [0.29, 0.717) is 53.7 Å². The van der Waals surface area contributed by atoms with Crippen LogP contribution in [0.25, 0.3) is 17.1 Å². The van der Waals surface area contributed by atoms with Crippen LogP contribution in [-0.4, -0.2) is 38.7 Å². The first-order chi connectivity index (χ1) is 17.5. The van der Waals surface area contributed by atoms with Crippen LogP contribution < -0.4 is 21.1 Å². The molecule has 0 saturated heterocycles. The van der Waals surface area contributed by atoms with Gasteiger partial charge in [0.1, 0.15) is 29.1 Å². The van der Waals surface area contributed by atoms with Crippen LogP contribution in [0, 0.1) is 11.3 Å². The van der Waals surface area contributed by atoms with Gasteiger partial charge in [0, 0.05) is 30.6 Å². The lowest BCUT2D eigenvalue weighted by Gasteiger charge is -2.17. The van der Waals surface area contributed by atoms with Crippen LogP contribution in [0.5, 0.6) is 11.5 Å². The summed E-state index contributed by atoms with van der Waals surface area (Å²) in [6, 6.07) is 15.6. The molecule has 1 amide bonds. The highest BCUT2D eigenvalue weighted by Crippen LogP contribution is 2.31. The number of benzene rings is 1. The maximum atomic E-state index is 12.3. The average molecular weight is 484 g/mol. The van der Waals surface area contributed by atoms with Crippen LogP contribution in [0.3, 0.4) is 0 Å². The van der Waals surface area contributed by atoms with Gasteiger partial charge in [-0.15, -0.1) is 0 Å². The fourth-order valence-electron chi connectivity index (χ4n) is 3.77. The molecule has 3 N–H and O–H groups in total. The van der Waals surface area contributed by atoms with E-state index in [1.54, 1.807) is 48.7 Å². The van der Waals surface area contributed by atoms with Crippen molar-refractivity contribution in [1.29, 1.82) is 5.26 Å². The Balaban J connectivity index is 1.23. The molecule has 0 radical (unpaired) electrons. The number of aromatic hydroxyl groups is 1. The van der Waals surface area contributed by atoms with Crippen molar-refractivity contribution in [1.82, 2.24) is 19.9 Å². The van der Waals surface area contributed by atoms with Crippen molar-refractivity contribution in [3.05, 3.63) is 82.3 Å². The lowest BCUT2D eigenvalue weighted by molar-refractivity contribution is -0.118. The lowest BCUT2D eigenvalue weighted by atomic mass is 10.0. The minimum absolute atomic E-state index is 0.0792. The number of para-hydroxylation sites is 1. The standard InChI is InChI=1S/C25H20N6O5/c26-11-16-4-2-6-19(28-16)18-5-1-3-15(23(18)33)12-27-10-9-17-13-31(25(34)36-17)21-8-7-20-24(29-21)30-22(32)14-35-20/h1-8,13,27,33H,9-10,12,14H2,(H,29,30,32). The van der Waals surface area contributed by atoms with Crippen molar-refractivity contribution in [3.8, 4) is 34.6 Å². The summed E-state index contributed by atoms with van der Waals surface area (Å²) in [6.07, 6.45) is 1.97. The number of carbonyl (C=O) groups excluding carboxylic acids is 1. The quantitative estimate of drug-likeness (QED) is 0.335. The zero-order chi connectivity index (χ0) is 25.1. The fourth-order valence-corrected chi connectivity index (χ4v) is 3.77. The molecule has 5 rings (SSSR count). The second-order valence-electron chi connectivity index (χ2n) is 7.95. The van der Waals surface area contributed by atoms with Crippen molar-refractivity contribution >= 4 is 11.7 Å². The van der Waals surface area contributed by atoms with Crippen LogP contribution in [0.2, 0.25) is 0 Å². The number of phenolic OH excluding ortho intramolecular Hbond substituents is 1. The molecule has 11 nitrogen and oxygen atoms in total. The van der Waals surface area contributed by atoms with Gasteiger partial charge in [0.25, 0.3) is 5.91 Å². The Labute approximate surface area is 204 Å². The molecule has 4 heterocycles. The summed E-state index contributed by atoms with van der Waals surface area (Å²) in [7, 11) is 0. The highest BCUT2D eigenvalue weighted by molar-refractivity contribution is 5.94. The molecule has 1 aliphatic rings.